The predicted molar refractivity (Wildman–Crippen MR) is 65.5 cm³/mol. The lowest BCUT2D eigenvalue weighted by Gasteiger charge is -2.13. The zero-order valence-corrected chi connectivity index (χ0v) is 9.91. The first-order chi connectivity index (χ1) is 7.56. The third-order valence-corrected chi connectivity index (χ3v) is 2.21. The number of nitrogen functional groups attached to an aromatic ring is 1. The maximum absolute atomic E-state index is 11.4. The lowest BCUT2D eigenvalue weighted by atomic mass is 10.1. The van der Waals surface area contributed by atoms with Gasteiger partial charge in [0.05, 0.1) is 24.0 Å². The molecule has 0 unspecified atom stereocenters. The Hall–Kier alpha value is -1.71. The molecule has 88 valence electrons. The van der Waals surface area contributed by atoms with Crippen molar-refractivity contribution < 1.29 is 9.53 Å². The zero-order chi connectivity index (χ0) is 12.1. The van der Waals surface area contributed by atoms with Gasteiger partial charge in [0.1, 0.15) is 0 Å². The van der Waals surface area contributed by atoms with Gasteiger partial charge in [-0.25, -0.2) is 4.79 Å². The number of anilines is 2. The molecular weight excluding hydrogens is 204 g/mol. The van der Waals surface area contributed by atoms with E-state index in [2.05, 4.69) is 23.9 Å². The Labute approximate surface area is 95.8 Å². The van der Waals surface area contributed by atoms with E-state index in [4.69, 9.17) is 5.73 Å². The molecule has 0 atom stereocenters. The van der Waals surface area contributed by atoms with Gasteiger partial charge < -0.3 is 15.8 Å². The number of hydrogen-bond acceptors (Lipinski definition) is 4. The number of rotatable bonds is 4. The number of methoxy groups -OCH3 is 1. The largest absolute Gasteiger partial charge is 0.465 e. The third-order valence-electron chi connectivity index (χ3n) is 2.21. The number of carbonyl (C=O) groups is 1. The Morgan fingerprint density at radius 1 is 1.50 bits per heavy atom. The van der Waals surface area contributed by atoms with Crippen molar-refractivity contribution in [2.45, 2.75) is 13.8 Å². The van der Waals surface area contributed by atoms with Crippen LogP contribution in [0.4, 0.5) is 11.4 Å². The molecule has 3 N–H and O–H groups in total. The standard InChI is InChI=1S/C12H18N2O2/c1-8(2)7-14-10-6-4-5-9(11(10)13)12(15)16-3/h4-6,8,14H,7,13H2,1-3H3. The fourth-order valence-electron chi connectivity index (χ4n) is 1.32. The van der Waals surface area contributed by atoms with Gasteiger partial charge in [-0.1, -0.05) is 19.9 Å². The molecule has 0 saturated carbocycles. The Morgan fingerprint density at radius 3 is 2.75 bits per heavy atom. The molecule has 4 nitrogen and oxygen atoms in total. The van der Waals surface area contributed by atoms with E-state index >= 15 is 0 Å². The summed E-state index contributed by atoms with van der Waals surface area (Å²) in [5.74, 6) is 0.104. The number of benzene rings is 1. The molecule has 0 aliphatic carbocycles. The average molecular weight is 222 g/mol. The molecule has 1 aromatic rings. The Balaban J connectivity index is 2.90. The smallest absolute Gasteiger partial charge is 0.340 e. The van der Waals surface area contributed by atoms with E-state index in [1.807, 2.05) is 6.07 Å². The van der Waals surface area contributed by atoms with Gasteiger partial charge >= 0.3 is 5.97 Å². The summed E-state index contributed by atoms with van der Waals surface area (Å²) in [6.07, 6.45) is 0. The molecule has 16 heavy (non-hydrogen) atoms. The van der Waals surface area contributed by atoms with Gasteiger partial charge in [0, 0.05) is 6.54 Å². The molecule has 0 bridgehead atoms. The monoisotopic (exact) mass is 222 g/mol. The lowest BCUT2D eigenvalue weighted by molar-refractivity contribution is 0.0602. The van der Waals surface area contributed by atoms with Crippen molar-refractivity contribution in [3.05, 3.63) is 23.8 Å². The lowest BCUT2D eigenvalue weighted by Crippen LogP contribution is -2.12. The number of carbonyl (C=O) groups excluding carboxylic acids is 1. The highest BCUT2D eigenvalue weighted by Gasteiger charge is 2.12. The van der Waals surface area contributed by atoms with Crippen LogP contribution in [-0.4, -0.2) is 19.6 Å². The van der Waals surface area contributed by atoms with Gasteiger partial charge in [0.2, 0.25) is 0 Å². The molecule has 1 rings (SSSR count). The molecule has 0 fully saturated rings. The van der Waals surface area contributed by atoms with Crippen LogP contribution >= 0.6 is 0 Å². The number of para-hydroxylation sites is 1. The number of nitrogens with one attached hydrogen (secondary N) is 1. The molecule has 0 spiro atoms. The molecule has 0 saturated heterocycles. The second-order valence-corrected chi connectivity index (χ2v) is 4.03. The summed E-state index contributed by atoms with van der Waals surface area (Å²) in [6.45, 7) is 5.02. The number of hydrogen-bond donors (Lipinski definition) is 2. The van der Waals surface area contributed by atoms with E-state index in [9.17, 15) is 4.79 Å². The average Bonchev–Trinajstić information content (AvgIpc) is 2.26. The van der Waals surface area contributed by atoms with Crippen molar-refractivity contribution in [3.8, 4) is 0 Å². The Kier molecular flexibility index (Phi) is 4.17. The van der Waals surface area contributed by atoms with Crippen LogP contribution in [0.5, 0.6) is 0 Å². The van der Waals surface area contributed by atoms with E-state index in [1.54, 1.807) is 12.1 Å². The van der Waals surface area contributed by atoms with Crippen LogP contribution in [0.3, 0.4) is 0 Å². The van der Waals surface area contributed by atoms with Crippen molar-refractivity contribution in [3.63, 3.8) is 0 Å². The summed E-state index contributed by atoms with van der Waals surface area (Å²) in [6, 6.07) is 5.29. The van der Waals surface area contributed by atoms with Gasteiger partial charge in [0.15, 0.2) is 0 Å². The van der Waals surface area contributed by atoms with Crippen LogP contribution in [0.1, 0.15) is 24.2 Å². The maximum Gasteiger partial charge on any atom is 0.340 e. The molecular formula is C12H18N2O2. The summed E-state index contributed by atoms with van der Waals surface area (Å²) < 4.78 is 4.65. The quantitative estimate of drug-likeness (QED) is 0.605. The van der Waals surface area contributed by atoms with Crippen LogP contribution in [0.15, 0.2) is 18.2 Å². The van der Waals surface area contributed by atoms with Crippen molar-refractivity contribution in [1.29, 1.82) is 0 Å². The van der Waals surface area contributed by atoms with Gasteiger partial charge in [-0.2, -0.15) is 0 Å². The molecule has 0 aromatic heterocycles. The molecule has 0 heterocycles. The first-order valence-corrected chi connectivity index (χ1v) is 5.27. The summed E-state index contributed by atoms with van der Waals surface area (Å²) >= 11 is 0. The first-order valence-electron chi connectivity index (χ1n) is 5.27. The normalized spacial score (nSPS) is 10.2. The van der Waals surface area contributed by atoms with Gasteiger partial charge in [-0.15, -0.1) is 0 Å². The SMILES string of the molecule is COC(=O)c1cccc(NCC(C)C)c1N. The molecule has 4 heteroatoms. The van der Waals surface area contributed by atoms with Gasteiger partial charge in [-0.3, -0.25) is 0 Å². The fourth-order valence-corrected chi connectivity index (χ4v) is 1.32. The molecule has 0 amide bonds. The van der Waals surface area contributed by atoms with Crippen LogP contribution < -0.4 is 11.1 Å². The van der Waals surface area contributed by atoms with Gasteiger partial charge in [-0.05, 0) is 18.1 Å². The fraction of sp³-hybridized carbons (Fsp3) is 0.417. The summed E-state index contributed by atoms with van der Waals surface area (Å²) in [5.41, 5.74) is 7.50. The second kappa shape index (κ2) is 5.39. The minimum Gasteiger partial charge on any atom is -0.465 e. The van der Waals surface area contributed by atoms with E-state index in [-0.39, 0.29) is 0 Å². The highest BCUT2D eigenvalue weighted by molar-refractivity contribution is 5.98. The predicted octanol–water partition coefficient (Wildman–Crippen LogP) is 2.12. The zero-order valence-electron chi connectivity index (χ0n) is 9.91. The van der Waals surface area contributed by atoms with Crippen molar-refractivity contribution in [2.24, 2.45) is 5.92 Å². The Morgan fingerprint density at radius 2 is 2.19 bits per heavy atom. The van der Waals surface area contributed by atoms with Crippen molar-refractivity contribution in [1.82, 2.24) is 0 Å². The van der Waals surface area contributed by atoms with Crippen molar-refractivity contribution in [2.75, 3.05) is 24.7 Å². The summed E-state index contributed by atoms with van der Waals surface area (Å²) in [4.78, 5) is 11.4. The highest BCUT2D eigenvalue weighted by atomic mass is 16.5. The van der Waals surface area contributed by atoms with Crippen LogP contribution in [0.25, 0.3) is 0 Å². The topological polar surface area (TPSA) is 64.3 Å². The molecule has 1 aromatic carbocycles. The van der Waals surface area contributed by atoms with Crippen LogP contribution in [-0.2, 0) is 4.74 Å². The molecule has 0 radical (unpaired) electrons. The first kappa shape index (κ1) is 12.4. The number of nitrogens with two attached hydrogens (primary N) is 1. The minimum absolute atomic E-state index is 0.399. The third kappa shape index (κ3) is 2.89. The Bertz CT molecular complexity index is 375. The van der Waals surface area contributed by atoms with Gasteiger partial charge in [0.25, 0.3) is 0 Å². The van der Waals surface area contributed by atoms with E-state index in [1.165, 1.54) is 7.11 Å². The molecule has 0 aliphatic rings. The maximum atomic E-state index is 11.4. The van der Waals surface area contributed by atoms with E-state index < -0.39 is 5.97 Å². The summed E-state index contributed by atoms with van der Waals surface area (Å²) in [7, 11) is 1.34. The van der Waals surface area contributed by atoms with E-state index in [0.29, 0.717) is 17.2 Å². The van der Waals surface area contributed by atoms with E-state index in [0.717, 1.165) is 12.2 Å². The van der Waals surface area contributed by atoms with Crippen LogP contribution in [0.2, 0.25) is 0 Å². The minimum atomic E-state index is -0.411. The van der Waals surface area contributed by atoms with Crippen molar-refractivity contribution >= 4 is 17.3 Å². The molecule has 0 aliphatic heterocycles. The highest BCUT2D eigenvalue weighted by Crippen LogP contribution is 2.23. The second-order valence-electron chi connectivity index (χ2n) is 4.03. The number of ether oxygens (including phenoxy) is 1. The number of esters is 1. The van der Waals surface area contributed by atoms with Crippen LogP contribution in [0, 0.1) is 5.92 Å². The summed E-state index contributed by atoms with van der Waals surface area (Å²) in [5, 5.41) is 3.20.